The molecule has 102 valence electrons. The highest BCUT2D eigenvalue weighted by molar-refractivity contribution is 6.22. The summed E-state index contributed by atoms with van der Waals surface area (Å²) >= 11 is 0. The lowest BCUT2D eigenvalue weighted by Crippen LogP contribution is -2.41. The van der Waals surface area contributed by atoms with Gasteiger partial charge < -0.3 is 0 Å². The Bertz CT molecular complexity index is 477. The first-order valence-corrected chi connectivity index (χ1v) is 6.76. The van der Waals surface area contributed by atoms with Gasteiger partial charge in [0.25, 0.3) is 5.91 Å². The van der Waals surface area contributed by atoms with E-state index in [1.165, 1.54) is 4.90 Å². The number of rotatable bonds is 4. The van der Waals surface area contributed by atoms with Gasteiger partial charge in [0, 0.05) is 0 Å². The number of likely N-dealkylation sites (N-methyl/N-ethyl adjacent to an activating group) is 1. The van der Waals surface area contributed by atoms with E-state index in [1.54, 1.807) is 0 Å². The summed E-state index contributed by atoms with van der Waals surface area (Å²) in [5.41, 5.74) is 1.79. The predicted molar refractivity (Wildman–Crippen MR) is 75.0 cm³/mol. The molecular weight excluding hydrogens is 240 g/mol. The highest BCUT2D eigenvalue weighted by Gasteiger charge is 2.41. The van der Waals surface area contributed by atoms with Gasteiger partial charge in [0.05, 0.1) is 18.2 Å². The van der Waals surface area contributed by atoms with Crippen LogP contribution in [0.4, 0.5) is 5.69 Å². The van der Waals surface area contributed by atoms with Crippen LogP contribution in [0.2, 0.25) is 0 Å². The molecule has 0 bridgehead atoms. The van der Waals surface area contributed by atoms with E-state index in [-0.39, 0.29) is 24.3 Å². The van der Waals surface area contributed by atoms with Gasteiger partial charge in [-0.05, 0) is 32.1 Å². The Hall–Kier alpha value is -1.68. The van der Waals surface area contributed by atoms with Gasteiger partial charge in [-0.1, -0.05) is 31.5 Å². The lowest BCUT2D eigenvalue weighted by molar-refractivity contribution is -0.122. The maximum absolute atomic E-state index is 12.4. The summed E-state index contributed by atoms with van der Waals surface area (Å²) in [6.07, 6.45) is 0.286. The first-order valence-electron chi connectivity index (χ1n) is 6.76. The summed E-state index contributed by atoms with van der Waals surface area (Å²) in [6, 6.07) is 7.19. The van der Waals surface area contributed by atoms with Crippen LogP contribution in [-0.2, 0) is 9.59 Å². The number of benzene rings is 1. The zero-order valence-electron chi connectivity index (χ0n) is 11.7. The Morgan fingerprint density at radius 1 is 1.16 bits per heavy atom. The van der Waals surface area contributed by atoms with Crippen molar-refractivity contribution in [2.24, 2.45) is 0 Å². The second-order valence-corrected chi connectivity index (χ2v) is 4.84. The molecule has 1 fully saturated rings. The molecule has 4 nitrogen and oxygen atoms in total. The van der Waals surface area contributed by atoms with E-state index in [0.29, 0.717) is 5.69 Å². The fourth-order valence-corrected chi connectivity index (χ4v) is 2.53. The van der Waals surface area contributed by atoms with E-state index in [9.17, 15) is 9.59 Å². The molecule has 0 aromatic heterocycles. The fraction of sp³-hybridized carbons (Fsp3) is 0.467. The third kappa shape index (κ3) is 2.54. The average molecular weight is 260 g/mol. The number of carbonyl (C=O) groups excluding carboxylic acids is 2. The highest BCUT2D eigenvalue weighted by Crippen LogP contribution is 2.25. The molecule has 0 spiro atoms. The van der Waals surface area contributed by atoms with E-state index in [0.717, 1.165) is 18.7 Å². The summed E-state index contributed by atoms with van der Waals surface area (Å²) in [6.45, 7) is 7.56. The molecule has 1 aliphatic rings. The highest BCUT2D eigenvalue weighted by atomic mass is 16.2. The number of imide groups is 1. The van der Waals surface area contributed by atoms with E-state index in [2.05, 4.69) is 0 Å². The zero-order valence-corrected chi connectivity index (χ0v) is 11.7. The van der Waals surface area contributed by atoms with Crippen LogP contribution >= 0.6 is 0 Å². The minimum Gasteiger partial charge on any atom is -0.292 e. The maximum atomic E-state index is 12.4. The van der Waals surface area contributed by atoms with Crippen LogP contribution in [-0.4, -0.2) is 35.8 Å². The lowest BCUT2D eigenvalue weighted by atomic mass is 10.2. The first-order chi connectivity index (χ1) is 9.08. The molecular formula is C15H20N2O2. The largest absolute Gasteiger partial charge is 0.292 e. The number of hydrogen-bond donors (Lipinski definition) is 0. The Balaban J connectivity index is 2.26. The van der Waals surface area contributed by atoms with Crippen molar-refractivity contribution in [1.29, 1.82) is 0 Å². The van der Waals surface area contributed by atoms with Crippen LogP contribution in [0, 0.1) is 6.92 Å². The van der Waals surface area contributed by atoms with Gasteiger partial charge >= 0.3 is 0 Å². The minimum atomic E-state index is -0.302. The van der Waals surface area contributed by atoms with Gasteiger partial charge in [0.1, 0.15) is 0 Å². The number of carbonyl (C=O) groups is 2. The Morgan fingerprint density at radius 2 is 1.74 bits per heavy atom. The summed E-state index contributed by atoms with van der Waals surface area (Å²) in [5, 5.41) is 0. The molecule has 2 rings (SSSR count). The van der Waals surface area contributed by atoms with E-state index < -0.39 is 0 Å². The van der Waals surface area contributed by atoms with Crippen molar-refractivity contribution in [2.75, 3.05) is 18.0 Å². The number of nitrogens with zero attached hydrogens (tertiary/aromatic N) is 2. The molecule has 1 atom stereocenters. The van der Waals surface area contributed by atoms with Crippen molar-refractivity contribution in [3.8, 4) is 0 Å². The van der Waals surface area contributed by atoms with Crippen LogP contribution in [0.5, 0.6) is 0 Å². The van der Waals surface area contributed by atoms with E-state index in [1.807, 2.05) is 49.9 Å². The molecule has 1 aromatic rings. The molecule has 0 saturated carbocycles. The average Bonchev–Trinajstić information content (AvgIpc) is 2.68. The van der Waals surface area contributed by atoms with Crippen LogP contribution in [0.1, 0.15) is 25.8 Å². The van der Waals surface area contributed by atoms with Gasteiger partial charge in [-0.25, -0.2) is 4.90 Å². The third-order valence-electron chi connectivity index (χ3n) is 3.67. The lowest BCUT2D eigenvalue weighted by Gasteiger charge is -2.24. The van der Waals surface area contributed by atoms with E-state index in [4.69, 9.17) is 0 Å². The normalized spacial score (nSPS) is 19.6. The molecule has 1 aromatic carbocycles. The molecule has 1 heterocycles. The molecule has 0 unspecified atom stereocenters. The Morgan fingerprint density at radius 3 is 2.26 bits per heavy atom. The Labute approximate surface area is 114 Å². The standard InChI is InChI=1S/C15H20N2O2/c1-4-16(5-2)13-10-14(18)17(15(13)19)12-8-6-11(3)7-9-12/h6-9,13H,4-5,10H2,1-3H3/t13-/m1/s1. The third-order valence-corrected chi connectivity index (χ3v) is 3.67. The number of anilines is 1. The zero-order chi connectivity index (χ0) is 14.0. The molecule has 4 heteroatoms. The molecule has 0 aliphatic carbocycles. The van der Waals surface area contributed by atoms with Crippen molar-refractivity contribution in [1.82, 2.24) is 4.90 Å². The van der Waals surface area contributed by atoms with Crippen molar-refractivity contribution in [3.05, 3.63) is 29.8 Å². The summed E-state index contributed by atoms with van der Waals surface area (Å²) in [4.78, 5) is 27.9. The van der Waals surface area contributed by atoms with Crippen molar-refractivity contribution < 1.29 is 9.59 Å². The summed E-state index contributed by atoms with van der Waals surface area (Å²) in [5.74, 6) is -0.205. The second kappa shape index (κ2) is 5.53. The molecule has 1 saturated heterocycles. The van der Waals surface area contributed by atoms with Gasteiger partial charge in [-0.3, -0.25) is 14.5 Å². The molecule has 1 aliphatic heterocycles. The second-order valence-electron chi connectivity index (χ2n) is 4.84. The smallest absolute Gasteiger partial charge is 0.251 e. The van der Waals surface area contributed by atoms with Crippen molar-refractivity contribution in [2.45, 2.75) is 33.2 Å². The van der Waals surface area contributed by atoms with Crippen LogP contribution in [0.25, 0.3) is 0 Å². The number of amides is 2. The quantitative estimate of drug-likeness (QED) is 0.777. The van der Waals surface area contributed by atoms with Gasteiger partial charge in [-0.2, -0.15) is 0 Å². The summed E-state index contributed by atoms with van der Waals surface area (Å²) in [7, 11) is 0. The Kier molecular flexibility index (Phi) is 4.00. The van der Waals surface area contributed by atoms with Gasteiger partial charge in [0.15, 0.2) is 0 Å². The van der Waals surface area contributed by atoms with Crippen molar-refractivity contribution in [3.63, 3.8) is 0 Å². The van der Waals surface area contributed by atoms with Gasteiger partial charge in [0.2, 0.25) is 5.91 Å². The van der Waals surface area contributed by atoms with Crippen LogP contribution in [0.15, 0.2) is 24.3 Å². The van der Waals surface area contributed by atoms with Crippen LogP contribution < -0.4 is 4.90 Å². The van der Waals surface area contributed by atoms with Crippen molar-refractivity contribution >= 4 is 17.5 Å². The van der Waals surface area contributed by atoms with Gasteiger partial charge in [-0.15, -0.1) is 0 Å². The topological polar surface area (TPSA) is 40.6 Å². The van der Waals surface area contributed by atoms with Crippen LogP contribution in [0.3, 0.4) is 0 Å². The SMILES string of the molecule is CCN(CC)[C@@H]1CC(=O)N(c2ccc(C)cc2)C1=O. The monoisotopic (exact) mass is 260 g/mol. The molecule has 0 N–H and O–H groups in total. The minimum absolute atomic E-state index is 0.0995. The summed E-state index contributed by atoms with van der Waals surface area (Å²) < 4.78 is 0. The maximum Gasteiger partial charge on any atom is 0.251 e. The molecule has 19 heavy (non-hydrogen) atoms. The molecule has 2 amide bonds. The molecule has 0 radical (unpaired) electrons. The fourth-order valence-electron chi connectivity index (χ4n) is 2.53. The first kappa shape index (κ1) is 13.7. The predicted octanol–water partition coefficient (Wildman–Crippen LogP) is 1.97. The number of aryl methyl sites for hydroxylation is 1. The van der Waals surface area contributed by atoms with E-state index >= 15 is 0 Å². The number of hydrogen-bond acceptors (Lipinski definition) is 3.